The van der Waals surface area contributed by atoms with E-state index in [0.717, 1.165) is 0 Å². The van der Waals surface area contributed by atoms with Gasteiger partial charge >= 0.3 is 48.9 Å². The third-order valence-electron chi connectivity index (χ3n) is 2.66. The van der Waals surface area contributed by atoms with Gasteiger partial charge in [-0.1, -0.05) is 69.4 Å². The van der Waals surface area contributed by atoms with Crippen molar-refractivity contribution in [3.05, 3.63) is 35.9 Å². The molecule has 0 fully saturated rings. The Morgan fingerprint density at radius 1 is 0.867 bits per heavy atom. The number of hydrogen-bond acceptors (Lipinski definition) is 0. The zero-order valence-electron chi connectivity index (χ0n) is 12.0. The molecule has 0 nitrogen and oxygen atoms in total. The van der Waals surface area contributed by atoms with Crippen molar-refractivity contribution >= 4 is 48.9 Å². The van der Waals surface area contributed by atoms with Crippen molar-refractivity contribution in [3.63, 3.8) is 0 Å². The minimum Gasteiger partial charge on any atom is -1.00 e. The maximum Gasteiger partial charge on any atom is 2.00 e. The first-order valence-corrected chi connectivity index (χ1v) is 5.97. The van der Waals surface area contributed by atoms with Crippen molar-refractivity contribution in [2.24, 2.45) is 0 Å². The molecule has 0 bridgehead atoms. The monoisotopic (exact) mass is 330 g/mol. The SMILES string of the molecule is CCCCCCCCc1ccccc1.[Ba+2].[H-].[H-]. The van der Waals surface area contributed by atoms with E-state index in [1.54, 1.807) is 0 Å². The summed E-state index contributed by atoms with van der Waals surface area (Å²) in [7, 11) is 0. The Labute approximate surface area is 138 Å². The summed E-state index contributed by atoms with van der Waals surface area (Å²) in [6.07, 6.45) is 9.60. The molecule has 1 heteroatoms. The van der Waals surface area contributed by atoms with Gasteiger partial charge in [0.05, 0.1) is 0 Å². The molecule has 0 aromatic heterocycles. The summed E-state index contributed by atoms with van der Waals surface area (Å²) in [5.41, 5.74) is 1.49. The van der Waals surface area contributed by atoms with Gasteiger partial charge in [0.25, 0.3) is 0 Å². The van der Waals surface area contributed by atoms with Crippen LogP contribution in [0.3, 0.4) is 0 Å². The molecule has 0 aliphatic rings. The molecule has 82 valence electrons. The second-order valence-electron chi connectivity index (χ2n) is 4.00. The Kier molecular flexibility index (Phi) is 11.9. The molecule has 0 aliphatic carbocycles. The zero-order valence-corrected chi connectivity index (χ0v) is 14.5. The van der Waals surface area contributed by atoms with Crippen molar-refractivity contribution in [1.82, 2.24) is 0 Å². The van der Waals surface area contributed by atoms with Crippen LogP contribution in [0.15, 0.2) is 30.3 Å². The van der Waals surface area contributed by atoms with Gasteiger partial charge in [-0.25, -0.2) is 0 Å². The Morgan fingerprint density at radius 3 is 2.13 bits per heavy atom. The Bertz CT molecular complexity index is 227. The van der Waals surface area contributed by atoms with E-state index in [2.05, 4.69) is 37.3 Å². The molecule has 0 heterocycles. The van der Waals surface area contributed by atoms with Gasteiger partial charge in [-0.15, -0.1) is 0 Å². The number of unbranched alkanes of at least 4 members (excludes halogenated alkanes) is 5. The number of rotatable bonds is 7. The number of hydrogen-bond donors (Lipinski definition) is 0. The predicted molar refractivity (Wildman–Crippen MR) is 71.5 cm³/mol. The summed E-state index contributed by atoms with van der Waals surface area (Å²) >= 11 is 0. The van der Waals surface area contributed by atoms with E-state index in [0.29, 0.717) is 0 Å². The summed E-state index contributed by atoms with van der Waals surface area (Å²) in [5, 5.41) is 0. The average molecular weight is 330 g/mol. The summed E-state index contributed by atoms with van der Waals surface area (Å²) in [6.45, 7) is 2.27. The van der Waals surface area contributed by atoms with Crippen LogP contribution in [0.1, 0.15) is 53.9 Å². The quantitative estimate of drug-likeness (QED) is 0.513. The molecule has 0 spiro atoms. The molecule has 0 N–H and O–H groups in total. The Hall–Kier alpha value is 0.791. The molecule has 0 aliphatic heterocycles. The Balaban J connectivity index is -0.000000653. The van der Waals surface area contributed by atoms with E-state index in [4.69, 9.17) is 0 Å². The predicted octanol–water partition coefficient (Wildman–Crippen LogP) is 4.43. The summed E-state index contributed by atoms with van der Waals surface area (Å²) in [6, 6.07) is 10.8. The largest absolute Gasteiger partial charge is 2.00 e. The molecule has 0 amide bonds. The number of aryl methyl sites for hydroxylation is 1. The van der Waals surface area contributed by atoms with Crippen LogP contribution in [0.5, 0.6) is 0 Å². The van der Waals surface area contributed by atoms with Gasteiger partial charge in [-0.2, -0.15) is 0 Å². The van der Waals surface area contributed by atoms with Gasteiger partial charge in [0.1, 0.15) is 0 Å². The van der Waals surface area contributed by atoms with Crippen molar-refractivity contribution in [2.75, 3.05) is 0 Å². The fourth-order valence-corrected chi connectivity index (χ4v) is 1.75. The van der Waals surface area contributed by atoms with Crippen LogP contribution in [-0.4, -0.2) is 48.9 Å². The first-order chi connectivity index (χ1) is 6.93. The van der Waals surface area contributed by atoms with Crippen LogP contribution in [0, 0.1) is 0 Å². The van der Waals surface area contributed by atoms with Gasteiger partial charge in [0.15, 0.2) is 0 Å². The molecule has 1 aromatic rings. The van der Waals surface area contributed by atoms with Crippen LogP contribution >= 0.6 is 0 Å². The molecular formula is C14H24Ba. The molecular weight excluding hydrogens is 305 g/mol. The van der Waals surface area contributed by atoms with Crippen LogP contribution in [0.2, 0.25) is 0 Å². The minimum atomic E-state index is 0. The van der Waals surface area contributed by atoms with Gasteiger partial charge in [0, 0.05) is 0 Å². The first kappa shape index (κ1) is 15.8. The van der Waals surface area contributed by atoms with E-state index in [1.807, 2.05) is 0 Å². The summed E-state index contributed by atoms with van der Waals surface area (Å²) in [4.78, 5) is 0. The van der Waals surface area contributed by atoms with Gasteiger partial charge in [0.2, 0.25) is 0 Å². The summed E-state index contributed by atoms with van der Waals surface area (Å²) < 4.78 is 0. The fraction of sp³-hybridized carbons (Fsp3) is 0.571. The van der Waals surface area contributed by atoms with E-state index in [1.165, 1.54) is 50.5 Å². The maximum atomic E-state index is 2.27. The third kappa shape index (κ3) is 8.58. The van der Waals surface area contributed by atoms with E-state index in [-0.39, 0.29) is 51.7 Å². The van der Waals surface area contributed by atoms with Crippen LogP contribution in [-0.2, 0) is 6.42 Å². The number of benzene rings is 1. The van der Waals surface area contributed by atoms with Crippen molar-refractivity contribution in [2.45, 2.75) is 51.9 Å². The standard InChI is InChI=1S/C14H22.Ba.2H/c1-2-3-4-5-6-8-11-14-12-9-7-10-13-14;;;/h7,9-10,12-13H,2-6,8,11H2,1H3;;;/q;+2;2*-1. The fourth-order valence-electron chi connectivity index (χ4n) is 1.75. The molecule has 0 saturated heterocycles. The minimum absolute atomic E-state index is 0. The molecule has 1 aromatic carbocycles. The van der Waals surface area contributed by atoms with E-state index < -0.39 is 0 Å². The van der Waals surface area contributed by atoms with Gasteiger partial charge in [-0.05, 0) is 18.4 Å². The maximum absolute atomic E-state index is 2.27. The molecule has 0 saturated carbocycles. The van der Waals surface area contributed by atoms with Crippen LogP contribution in [0.25, 0.3) is 0 Å². The van der Waals surface area contributed by atoms with Crippen molar-refractivity contribution < 1.29 is 2.85 Å². The second kappa shape index (κ2) is 11.3. The normalized spacial score (nSPS) is 9.67. The average Bonchev–Trinajstić information content (AvgIpc) is 2.25. The molecule has 15 heavy (non-hydrogen) atoms. The van der Waals surface area contributed by atoms with Crippen molar-refractivity contribution in [3.8, 4) is 0 Å². The van der Waals surface area contributed by atoms with Gasteiger partial charge < -0.3 is 2.85 Å². The smallest absolute Gasteiger partial charge is 1.00 e. The van der Waals surface area contributed by atoms with Crippen LogP contribution in [0.4, 0.5) is 0 Å². The van der Waals surface area contributed by atoms with E-state index in [9.17, 15) is 0 Å². The zero-order chi connectivity index (χ0) is 10.1. The molecule has 0 unspecified atom stereocenters. The first-order valence-electron chi connectivity index (χ1n) is 5.97. The second-order valence-corrected chi connectivity index (χ2v) is 4.00. The topological polar surface area (TPSA) is 0 Å². The molecule has 0 radical (unpaired) electrons. The third-order valence-corrected chi connectivity index (χ3v) is 2.66. The molecule has 1 rings (SSSR count). The van der Waals surface area contributed by atoms with E-state index >= 15 is 0 Å². The van der Waals surface area contributed by atoms with Crippen LogP contribution < -0.4 is 0 Å². The van der Waals surface area contributed by atoms with Crippen molar-refractivity contribution in [1.29, 1.82) is 0 Å². The summed E-state index contributed by atoms with van der Waals surface area (Å²) in [5.74, 6) is 0. The Morgan fingerprint density at radius 2 is 1.47 bits per heavy atom. The van der Waals surface area contributed by atoms with Gasteiger partial charge in [-0.3, -0.25) is 0 Å². The molecule has 0 atom stereocenters.